The first kappa shape index (κ1) is 19.9. The number of ether oxygens (including phenoxy) is 2. The highest BCUT2D eigenvalue weighted by molar-refractivity contribution is 5.90. The van der Waals surface area contributed by atoms with Gasteiger partial charge in [-0.3, -0.25) is 9.69 Å². The molecule has 0 radical (unpaired) electrons. The maximum atomic E-state index is 13.1. The van der Waals surface area contributed by atoms with Gasteiger partial charge in [0.1, 0.15) is 11.5 Å². The molecule has 2 bridgehead atoms. The number of piperidine rings is 1. The van der Waals surface area contributed by atoms with Crippen molar-refractivity contribution in [1.29, 1.82) is 0 Å². The third-order valence-electron chi connectivity index (χ3n) is 6.37. The van der Waals surface area contributed by atoms with Crippen LogP contribution >= 0.6 is 0 Å². The maximum Gasteiger partial charge on any atom is 0.338 e. The minimum absolute atomic E-state index is 0.0449. The van der Waals surface area contributed by atoms with Crippen molar-refractivity contribution in [3.63, 3.8) is 0 Å². The van der Waals surface area contributed by atoms with Crippen LogP contribution in [0.1, 0.15) is 62.7 Å². The van der Waals surface area contributed by atoms with Crippen molar-refractivity contribution in [2.24, 2.45) is 5.41 Å². The van der Waals surface area contributed by atoms with E-state index in [1.165, 1.54) is 0 Å². The van der Waals surface area contributed by atoms with Gasteiger partial charge in [0.15, 0.2) is 0 Å². The maximum absolute atomic E-state index is 13.1. The molecule has 5 heteroatoms. The highest BCUT2D eigenvalue weighted by Gasteiger charge is 2.59. The van der Waals surface area contributed by atoms with E-state index in [0.29, 0.717) is 24.6 Å². The largest absolute Gasteiger partial charge is 0.465 e. The summed E-state index contributed by atoms with van der Waals surface area (Å²) in [5.74, 6) is -0.601. The Hall–Kier alpha value is -1.88. The van der Waals surface area contributed by atoms with Crippen molar-refractivity contribution in [1.82, 2.24) is 4.90 Å². The van der Waals surface area contributed by atoms with E-state index in [0.717, 1.165) is 32.1 Å². The minimum atomic E-state index is -0.835. The van der Waals surface area contributed by atoms with Crippen molar-refractivity contribution in [3.8, 4) is 0 Å². The van der Waals surface area contributed by atoms with Gasteiger partial charge in [-0.05, 0) is 45.4 Å². The van der Waals surface area contributed by atoms with Crippen LogP contribution < -0.4 is 0 Å². The lowest BCUT2D eigenvalue weighted by atomic mass is 9.73. The summed E-state index contributed by atoms with van der Waals surface area (Å²) < 4.78 is 11.6. The Balaban J connectivity index is 1.77. The molecule has 3 rings (SSSR count). The number of fused-ring (bicyclic) bond motifs is 2. The molecule has 2 fully saturated rings. The molecule has 1 aromatic carbocycles. The molecule has 5 nitrogen and oxygen atoms in total. The molecule has 0 spiro atoms. The Morgan fingerprint density at radius 1 is 1.19 bits per heavy atom. The number of nitrogens with zero attached hydrogens (tertiary/aromatic N) is 1. The van der Waals surface area contributed by atoms with Crippen LogP contribution in [0.2, 0.25) is 0 Å². The molecule has 0 N–H and O–H groups in total. The van der Waals surface area contributed by atoms with Crippen molar-refractivity contribution in [2.45, 2.75) is 70.6 Å². The molecule has 0 unspecified atom stereocenters. The Morgan fingerprint density at radius 2 is 1.93 bits per heavy atom. The molecule has 0 saturated carbocycles. The quantitative estimate of drug-likeness (QED) is 0.537. The number of carbonyl (C=O) groups is 2. The summed E-state index contributed by atoms with van der Waals surface area (Å²) in [6.45, 7) is 4.47. The van der Waals surface area contributed by atoms with E-state index in [2.05, 4.69) is 18.9 Å². The van der Waals surface area contributed by atoms with Crippen molar-refractivity contribution >= 4 is 11.9 Å². The third kappa shape index (κ3) is 3.88. The molecule has 2 heterocycles. The number of rotatable bonds is 7. The van der Waals surface area contributed by atoms with Gasteiger partial charge in [0.2, 0.25) is 0 Å². The zero-order chi connectivity index (χ0) is 19.4. The minimum Gasteiger partial charge on any atom is -0.465 e. The van der Waals surface area contributed by atoms with Gasteiger partial charge in [-0.25, -0.2) is 4.79 Å². The van der Waals surface area contributed by atoms with Gasteiger partial charge in [0.05, 0.1) is 12.2 Å². The Kier molecular flexibility index (Phi) is 6.20. The molecule has 27 heavy (non-hydrogen) atoms. The highest BCUT2D eigenvalue weighted by atomic mass is 16.6. The lowest BCUT2D eigenvalue weighted by Gasteiger charge is -2.47. The third-order valence-corrected chi connectivity index (χ3v) is 6.37. The van der Waals surface area contributed by atoms with Crippen LogP contribution in [0.5, 0.6) is 0 Å². The molecule has 1 aromatic rings. The van der Waals surface area contributed by atoms with E-state index in [4.69, 9.17) is 9.47 Å². The van der Waals surface area contributed by atoms with Crippen LogP contribution in [0.4, 0.5) is 0 Å². The van der Waals surface area contributed by atoms with Gasteiger partial charge < -0.3 is 9.47 Å². The van der Waals surface area contributed by atoms with Crippen LogP contribution in [0.25, 0.3) is 0 Å². The summed E-state index contributed by atoms with van der Waals surface area (Å²) in [6.07, 6.45) is 5.17. The average Bonchev–Trinajstić information content (AvgIpc) is 2.97. The molecule has 0 aliphatic carbocycles. The first-order chi connectivity index (χ1) is 13.0. The summed E-state index contributed by atoms with van der Waals surface area (Å²) >= 11 is 0. The second kappa shape index (κ2) is 8.42. The van der Waals surface area contributed by atoms with E-state index >= 15 is 0 Å². The summed E-state index contributed by atoms with van der Waals surface area (Å²) in [6, 6.07) is 9.38. The fourth-order valence-corrected chi connectivity index (χ4v) is 4.61. The molecule has 2 saturated heterocycles. The van der Waals surface area contributed by atoms with E-state index in [9.17, 15) is 9.59 Å². The number of hydrogen-bond acceptors (Lipinski definition) is 5. The van der Waals surface area contributed by atoms with Crippen LogP contribution in [-0.2, 0) is 14.3 Å². The van der Waals surface area contributed by atoms with E-state index in [1.807, 2.05) is 25.1 Å². The van der Waals surface area contributed by atoms with Gasteiger partial charge in [0, 0.05) is 18.5 Å². The van der Waals surface area contributed by atoms with Crippen molar-refractivity contribution in [2.75, 3.05) is 13.7 Å². The summed E-state index contributed by atoms with van der Waals surface area (Å²) in [5, 5.41) is 0. The SMILES string of the molecule is CCCCCOC(=O)[C@@]1(C)[C@@H](OC(=O)c2ccccc2)C[C@@H]2CC[C@H]1N2C. The first-order valence-electron chi connectivity index (χ1n) is 10.1. The Bertz CT molecular complexity index is 662. The van der Waals surface area contributed by atoms with Crippen molar-refractivity contribution in [3.05, 3.63) is 35.9 Å². The van der Waals surface area contributed by atoms with Crippen LogP contribution in [-0.4, -0.2) is 48.7 Å². The predicted molar refractivity (Wildman–Crippen MR) is 103 cm³/mol. The second-order valence-corrected chi connectivity index (χ2v) is 8.03. The average molecular weight is 373 g/mol. The molecule has 148 valence electrons. The van der Waals surface area contributed by atoms with E-state index < -0.39 is 11.5 Å². The van der Waals surface area contributed by atoms with Gasteiger partial charge in [-0.15, -0.1) is 0 Å². The zero-order valence-electron chi connectivity index (χ0n) is 16.6. The van der Waals surface area contributed by atoms with Crippen LogP contribution in [0.3, 0.4) is 0 Å². The van der Waals surface area contributed by atoms with E-state index in [-0.39, 0.29) is 18.0 Å². The van der Waals surface area contributed by atoms with Gasteiger partial charge in [-0.2, -0.15) is 0 Å². The molecular weight excluding hydrogens is 342 g/mol. The zero-order valence-corrected chi connectivity index (χ0v) is 16.6. The van der Waals surface area contributed by atoms with Crippen LogP contribution in [0.15, 0.2) is 30.3 Å². The van der Waals surface area contributed by atoms with Gasteiger partial charge in [0.25, 0.3) is 0 Å². The fraction of sp³-hybridized carbons (Fsp3) is 0.636. The monoisotopic (exact) mass is 373 g/mol. The molecular formula is C22H31NO4. The van der Waals surface area contributed by atoms with E-state index in [1.54, 1.807) is 12.1 Å². The number of esters is 2. The lowest BCUT2D eigenvalue weighted by molar-refractivity contribution is -0.174. The molecule has 2 aliphatic heterocycles. The number of unbranched alkanes of at least 4 members (excludes halogenated alkanes) is 2. The predicted octanol–water partition coefficient (Wildman–Crippen LogP) is 3.82. The topological polar surface area (TPSA) is 55.8 Å². The summed E-state index contributed by atoms with van der Waals surface area (Å²) in [4.78, 5) is 28.0. The molecule has 4 atom stereocenters. The number of benzene rings is 1. The van der Waals surface area contributed by atoms with Crippen molar-refractivity contribution < 1.29 is 19.1 Å². The first-order valence-corrected chi connectivity index (χ1v) is 10.1. The molecule has 0 aromatic heterocycles. The van der Waals surface area contributed by atoms with Gasteiger partial charge >= 0.3 is 11.9 Å². The fourth-order valence-electron chi connectivity index (χ4n) is 4.61. The summed E-state index contributed by atoms with van der Waals surface area (Å²) in [5.41, 5.74) is -0.319. The number of hydrogen-bond donors (Lipinski definition) is 0. The van der Waals surface area contributed by atoms with Crippen LogP contribution in [0, 0.1) is 5.41 Å². The Morgan fingerprint density at radius 3 is 2.63 bits per heavy atom. The highest BCUT2D eigenvalue weighted by Crippen LogP contribution is 2.48. The summed E-state index contributed by atoms with van der Waals surface area (Å²) in [7, 11) is 2.07. The Labute approximate surface area is 162 Å². The molecule has 2 aliphatic rings. The second-order valence-electron chi connectivity index (χ2n) is 8.03. The molecule has 0 amide bonds. The lowest BCUT2D eigenvalue weighted by Crippen LogP contribution is -2.60. The normalized spacial score (nSPS) is 30.1. The standard InChI is InChI=1S/C22H31NO4/c1-4-5-9-14-26-21(25)22(2)18-13-12-17(23(18)3)15-19(22)27-20(24)16-10-7-6-8-11-16/h6-8,10-11,17-19H,4-5,9,12-15H2,1-3H3/t17-,18+,19-,22+/m0/s1. The van der Waals surface area contributed by atoms with Gasteiger partial charge in [-0.1, -0.05) is 38.0 Å². The smallest absolute Gasteiger partial charge is 0.338 e. The number of carbonyl (C=O) groups excluding carboxylic acids is 2.